The molecule has 0 spiro atoms. The average molecular weight is 232 g/mol. The van der Waals surface area contributed by atoms with Crippen molar-refractivity contribution in [3.05, 3.63) is 23.8 Å². The normalized spacial score (nSPS) is 10.8. The van der Waals surface area contributed by atoms with Gasteiger partial charge in [-0.15, -0.1) is 0 Å². The van der Waals surface area contributed by atoms with Crippen LogP contribution in [0.1, 0.15) is 25.8 Å². The molecule has 1 N–H and O–H groups in total. The largest absolute Gasteiger partial charge is 0.497 e. The maximum atomic E-state index is 8.92. The van der Waals surface area contributed by atoms with Crippen LogP contribution in [0.3, 0.4) is 0 Å². The topological polar surface area (TPSA) is 45.0 Å². The summed E-state index contributed by atoms with van der Waals surface area (Å²) in [6.07, 6.45) is 0.828. The molecule has 1 rings (SSSR count). The third-order valence-electron chi connectivity index (χ3n) is 2.80. The van der Waals surface area contributed by atoms with Gasteiger partial charge in [-0.3, -0.25) is 0 Å². The van der Waals surface area contributed by atoms with Crippen molar-refractivity contribution < 1.29 is 4.74 Å². The average Bonchev–Trinajstić information content (AvgIpc) is 2.31. The van der Waals surface area contributed by atoms with E-state index in [-0.39, 0.29) is 5.41 Å². The number of ether oxygens (including phenoxy) is 1. The quantitative estimate of drug-likeness (QED) is 0.846. The first-order chi connectivity index (χ1) is 7.98. The van der Waals surface area contributed by atoms with Crippen LogP contribution in [0.25, 0.3) is 0 Å². The zero-order valence-electron chi connectivity index (χ0n) is 11.0. The Kier molecular flexibility index (Phi) is 4.39. The number of anilines is 1. The van der Waals surface area contributed by atoms with Gasteiger partial charge in [-0.2, -0.15) is 5.26 Å². The fraction of sp³-hybridized carbons (Fsp3) is 0.500. The van der Waals surface area contributed by atoms with Crippen molar-refractivity contribution in [2.24, 2.45) is 5.41 Å². The van der Waals surface area contributed by atoms with Crippen molar-refractivity contribution in [3.63, 3.8) is 0 Å². The Balaban J connectivity index is 2.56. The second-order valence-corrected chi connectivity index (χ2v) is 4.85. The summed E-state index contributed by atoms with van der Waals surface area (Å²) >= 11 is 0. The Morgan fingerprint density at radius 3 is 2.65 bits per heavy atom. The maximum absolute atomic E-state index is 8.92. The molecule has 0 unspecified atom stereocenters. The number of nitrogens with zero attached hydrogens (tertiary/aromatic N) is 1. The Morgan fingerprint density at radius 2 is 2.12 bits per heavy atom. The van der Waals surface area contributed by atoms with Crippen molar-refractivity contribution >= 4 is 5.69 Å². The van der Waals surface area contributed by atoms with E-state index in [4.69, 9.17) is 10.00 Å². The van der Waals surface area contributed by atoms with Crippen LogP contribution >= 0.6 is 0 Å². The van der Waals surface area contributed by atoms with Crippen LogP contribution in [-0.2, 0) is 0 Å². The highest BCUT2D eigenvalue weighted by Crippen LogP contribution is 2.23. The van der Waals surface area contributed by atoms with E-state index in [1.165, 1.54) is 0 Å². The number of benzene rings is 1. The molecule has 0 aromatic heterocycles. The van der Waals surface area contributed by atoms with Crippen molar-refractivity contribution in [2.45, 2.75) is 27.2 Å². The minimum atomic E-state index is -0.270. The standard InChI is InChI=1S/C14H20N2O/c1-11-9-12(17-4)5-6-13(11)16-8-7-14(2,3)10-15/h5-6,9,16H,7-8H2,1-4H3. The molecule has 0 radical (unpaired) electrons. The maximum Gasteiger partial charge on any atom is 0.119 e. The van der Waals surface area contributed by atoms with Crippen molar-refractivity contribution in [3.8, 4) is 11.8 Å². The van der Waals surface area contributed by atoms with E-state index in [0.717, 1.165) is 30.0 Å². The highest BCUT2D eigenvalue weighted by molar-refractivity contribution is 5.53. The lowest BCUT2D eigenvalue weighted by molar-refractivity contribution is 0.414. The Hall–Kier alpha value is -1.69. The van der Waals surface area contributed by atoms with Crippen LogP contribution in [0.4, 0.5) is 5.69 Å². The molecule has 0 heterocycles. The molecule has 0 atom stereocenters. The molecule has 92 valence electrons. The van der Waals surface area contributed by atoms with Crippen LogP contribution < -0.4 is 10.1 Å². The fourth-order valence-corrected chi connectivity index (χ4v) is 1.53. The third-order valence-corrected chi connectivity index (χ3v) is 2.80. The highest BCUT2D eigenvalue weighted by atomic mass is 16.5. The van der Waals surface area contributed by atoms with Crippen LogP contribution in [0.2, 0.25) is 0 Å². The number of hydrogen-bond donors (Lipinski definition) is 1. The van der Waals surface area contributed by atoms with Crippen LogP contribution in [0.15, 0.2) is 18.2 Å². The monoisotopic (exact) mass is 232 g/mol. The lowest BCUT2D eigenvalue weighted by Crippen LogP contribution is -2.15. The number of nitrogens with one attached hydrogen (secondary N) is 1. The van der Waals surface area contributed by atoms with E-state index >= 15 is 0 Å². The van der Waals surface area contributed by atoms with Gasteiger partial charge in [0, 0.05) is 12.2 Å². The molecule has 0 saturated carbocycles. The first-order valence-electron chi connectivity index (χ1n) is 5.78. The summed E-state index contributed by atoms with van der Waals surface area (Å²) in [6.45, 7) is 6.75. The summed E-state index contributed by atoms with van der Waals surface area (Å²) in [5, 5.41) is 12.3. The van der Waals surface area contributed by atoms with E-state index in [2.05, 4.69) is 11.4 Å². The molecule has 0 aliphatic rings. The molecule has 17 heavy (non-hydrogen) atoms. The number of aryl methyl sites for hydroxylation is 1. The summed E-state index contributed by atoms with van der Waals surface area (Å²) < 4.78 is 5.16. The minimum absolute atomic E-state index is 0.270. The molecule has 1 aromatic rings. The molecule has 3 heteroatoms. The van der Waals surface area contributed by atoms with E-state index in [0.29, 0.717) is 0 Å². The van der Waals surface area contributed by atoms with Gasteiger partial charge >= 0.3 is 0 Å². The predicted octanol–water partition coefficient (Wildman–Crippen LogP) is 3.36. The third kappa shape index (κ3) is 3.99. The van der Waals surface area contributed by atoms with Gasteiger partial charge < -0.3 is 10.1 Å². The molecular formula is C14H20N2O. The lowest BCUT2D eigenvalue weighted by Gasteiger charge is -2.16. The van der Waals surface area contributed by atoms with Crippen LogP contribution in [0, 0.1) is 23.7 Å². The van der Waals surface area contributed by atoms with Gasteiger partial charge in [0.05, 0.1) is 18.6 Å². The summed E-state index contributed by atoms with van der Waals surface area (Å²) in [5.74, 6) is 0.866. The molecule has 0 amide bonds. The summed E-state index contributed by atoms with van der Waals surface area (Å²) in [5.41, 5.74) is 1.98. The molecule has 0 aliphatic heterocycles. The first kappa shape index (κ1) is 13.4. The minimum Gasteiger partial charge on any atom is -0.497 e. The van der Waals surface area contributed by atoms with E-state index in [1.807, 2.05) is 39.0 Å². The second kappa shape index (κ2) is 5.58. The van der Waals surface area contributed by atoms with Crippen LogP contribution in [0.5, 0.6) is 5.75 Å². The van der Waals surface area contributed by atoms with Crippen molar-refractivity contribution in [1.82, 2.24) is 0 Å². The van der Waals surface area contributed by atoms with Crippen LogP contribution in [-0.4, -0.2) is 13.7 Å². The van der Waals surface area contributed by atoms with E-state index in [1.54, 1.807) is 7.11 Å². The molecule has 0 bridgehead atoms. The predicted molar refractivity (Wildman–Crippen MR) is 70.2 cm³/mol. The fourth-order valence-electron chi connectivity index (χ4n) is 1.53. The molecule has 0 saturated heterocycles. The Bertz CT molecular complexity index is 419. The van der Waals surface area contributed by atoms with Gasteiger partial charge in [0.2, 0.25) is 0 Å². The zero-order chi connectivity index (χ0) is 12.9. The van der Waals surface area contributed by atoms with Gasteiger partial charge in [-0.05, 0) is 51.0 Å². The van der Waals surface area contributed by atoms with Gasteiger partial charge in [-0.1, -0.05) is 0 Å². The molecule has 0 aliphatic carbocycles. The first-order valence-corrected chi connectivity index (χ1v) is 5.78. The highest BCUT2D eigenvalue weighted by Gasteiger charge is 2.15. The number of nitriles is 1. The number of rotatable bonds is 5. The lowest BCUT2D eigenvalue weighted by atomic mass is 9.91. The summed E-state index contributed by atoms with van der Waals surface area (Å²) in [4.78, 5) is 0. The number of hydrogen-bond acceptors (Lipinski definition) is 3. The smallest absolute Gasteiger partial charge is 0.119 e. The molecule has 3 nitrogen and oxygen atoms in total. The van der Waals surface area contributed by atoms with E-state index < -0.39 is 0 Å². The SMILES string of the molecule is COc1ccc(NCCC(C)(C)C#N)c(C)c1. The Labute approximate surface area is 103 Å². The summed E-state index contributed by atoms with van der Waals surface area (Å²) in [6, 6.07) is 8.24. The molecular weight excluding hydrogens is 212 g/mol. The molecule has 1 aromatic carbocycles. The van der Waals surface area contributed by atoms with Crippen molar-refractivity contribution in [1.29, 1.82) is 5.26 Å². The summed E-state index contributed by atoms with van der Waals surface area (Å²) in [7, 11) is 1.66. The van der Waals surface area contributed by atoms with Crippen molar-refractivity contribution in [2.75, 3.05) is 19.0 Å². The Morgan fingerprint density at radius 1 is 1.41 bits per heavy atom. The van der Waals surface area contributed by atoms with Gasteiger partial charge in [0.25, 0.3) is 0 Å². The zero-order valence-corrected chi connectivity index (χ0v) is 11.0. The molecule has 0 fully saturated rings. The second-order valence-electron chi connectivity index (χ2n) is 4.85. The number of methoxy groups -OCH3 is 1. The van der Waals surface area contributed by atoms with Gasteiger partial charge in [-0.25, -0.2) is 0 Å². The van der Waals surface area contributed by atoms with Gasteiger partial charge in [0.1, 0.15) is 5.75 Å². The van der Waals surface area contributed by atoms with E-state index in [9.17, 15) is 0 Å². The van der Waals surface area contributed by atoms with Gasteiger partial charge in [0.15, 0.2) is 0 Å².